The number of nitrogens with two attached hydrogens (primary N) is 1. The van der Waals surface area contributed by atoms with E-state index in [0.717, 1.165) is 22.6 Å². The number of nitrogens with zero attached hydrogens (tertiary/aromatic N) is 2. The molecule has 0 spiro atoms. The summed E-state index contributed by atoms with van der Waals surface area (Å²) >= 11 is 0. The van der Waals surface area contributed by atoms with Crippen molar-refractivity contribution in [2.24, 2.45) is 0 Å². The van der Waals surface area contributed by atoms with Crippen LogP contribution < -0.4 is 10.6 Å². The summed E-state index contributed by atoms with van der Waals surface area (Å²) in [7, 11) is 0. The van der Waals surface area contributed by atoms with Crippen LogP contribution in [0.25, 0.3) is 0 Å². The van der Waals surface area contributed by atoms with Crippen molar-refractivity contribution in [1.82, 2.24) is 0 Å². The van der Waals surface area contributed by atoms with E-state index in [-0.39, 0.29) is 0 Å². The largest absolute Gasteiger partial charge is 0.397 e. The summed E-state index contributed by atoms with van der Waals surface area (Å²) in [6.45, 7) is 2.65. The first-order chi connectivity index (χ1) is 9.22. The molecule has 0 atom stereocenters. The van der Waals surface area contributed by atoms with Crippen molar-refractivity contribution in [3.63, 3.8) is 0 Å². The van der Waals surface area contributed by atoms with Gasteiger partial charge >= 0.3 is 0 Å². The molecule has 0 aliphatic carbocycles. The van der Waals surface area contributed by atoms with E-state index in [9.17, 15) is 0 Å². The summed E-state index contributed by atoms with van der Waals surface area (Å²) in [5.74, 6) is 0. The molecule has 0 saturated heterocycles. The SMILES string of the molecule is Cc1ccc(N(CCC#N)c2ccccc2)c(N)c1. The smallest absolute Gasteiger partial charge is 0.0644 e. The number of para-hydroxylation sites is 1. The minimum absolute atomic E-state index is 0.461. The molecule has 2 aromatic rings. The van der Waals surface area contributed by atoms with Gasteiger partial charge in [-0.05, 0) is 36.8 Å². The van der Waals surface area contributed by atoms with E-state index in [1.165, 1.54) is 0 Å². The number of anilines is 3. The van der Waals surface area contributed by atoms with Crippen LogP contribution in [-0.2, 0) is 0 Å². The minimum atomic E-state index is 0.461. The predicted octanol–water partition coefficient (Wildman–Crippen LogP) is 3.63. The van der Waals surface area contributed by atoms with Gasteiger partial charge in [-0.1, -0.05) is 24.3 Å². The monoisotopic (exact) mass is 251 g/mol. The molecule has 2 aromatic carbocycles. The quantitative estimate of drug-likeness (QED) is 0.844. The van der Waals surface area contributed by atoms with Crippen LogP contribution in [0, 0.1) is 18.3 Å². The minimum Gasteiger partial charge on any atom is -0.397 e. The van der Waals surface area contributed by atoms with Gasteiger partial charge in [-0.15, -0.1) is 0 Å². The van der Waals surface area contributed by atoms with Gasteiger partial charge in [0.25, 0.3) is 0 Å². The summed E-state index contributed by atoms with van der Waals surface area (Å²) in [6, 6.07) is 18.2. The van der Waals surface area contributed by atoms with Crippen molar-refractivity contribution in [1.29, 1.82) is 5.26 Å². The molecule has 0 saturated carbocycles. The molecule has 96 valence electrons. The summed E-state index contributed by atoms with van der Waals surface area (Å²) < 4.78 is 0. The molecule has 0 aliphatic heterocycles. The third-order valence-corrected chi connectivity index (χ3v) is 2.99. The van der Waals surface area contributed by atoms with Crippen LogP contribution in [0.4, 0.5) is 17.1 Å². The third-order valence-electron chi connectivity index (χ3n) is 2.99. The highest BCUT2D eigenvalue weighted by Crippen LogP contribution is 2.30. The van der Waals surface area contributed by atoms with Gasteiger partial charge in [0.2, 0.25) is 0 Å². The van der Waals surface area contributed by atoms with Crippen molar-refractivity contribution in [3.8, 4) is 6.07 Å². The van der Waals surface area contributed by atoms with Crippen LogP contribution in [0.3, 0.4) is 0 Å². The second-order valence-electron chi connectivity index (χ2n) is 4.46. The van der Waals surface area contributed by atoms with E-state index < -0.39 is 0 Å². The third kappa shape index (κ3) is 3.05. The summed E-state index contributed by atoms with van der Waals surface area (Å²) in [5.41, 5.74) is 9.98. The lowest BCUT2D eigenvalue weighted by molar-refractivity contribution is 0.949. The maximum atomic E-state index is 8.81. The van der Waals surface area contributed by atoms with Crippen LogP contribution >= 0.6 is 0 Å². The fourth-order valence-corrected chi connectivity index (χ4v) is 2.08. The second kappa shape index (κ2) is 5.92. The number of aryl methyl sites for hydroxylation is 1. The van der Waals surface area contributed by atoms with Crippen molar-refractivity contribution < 1.29 is 0 Å². The number of hydrogen-bond donors (Lipinski definition) is 1. The predicted molar refractivity (Wildman–Crippen MR) is 79.3 cm³/mol. The fraction of sp³-hybridized carbons (Fsp3) is 0.188. The first-order valence-corrected chi connectivity index (χ1v) is 6.28. The molecule has 19 heavy (non-hydrogen) atoms. The van der Waals surface area contributed by atoms with Gasteiger partial charge in [0.1, 0.15) is 0 Å². The van der Waals surface area contributed by atoms with Crippen molar-refractivity contribution in [2.75, 3.05) is 17.2 Å². The molecule has 2 rings (SSSR count). The average Bonchev–Trinajstić information content (AvgIpc) is 2.42. The van der Waals surface area contributed by atoms with Gasteiger partial charge < -0.3 is 10.6 Å². The lowest BCUT2D eigenvalue weighted by Crippen LogP contribution is -2.19. The lowest BCUT2D eigenvalue weighted by Gasteiger charge is -2.25. The van der Waals surface area contributed by atoms with Gasteiger partial charge in [0.05, 0.1) is 23.9 Å². The standard InChI is InChI=1S/C16H17N3/c1-13-8-9-16(15(18)12-13)19(11-5-10-17)14-6-3-2-4-7-14/h2-4,6-9,12H,5,11,18H2,1H3. The summed E-state index contributed by atoms with van der Waals surface area (Å²) in [6.07, 6.45) is 0.461. The number of nitrogen functional groups attached to an aromatic ring is 1. The zero-order valence-corrected chi connectivity index (χ0v) is 11.0. The molecule has 0 bridgehead atoms. The fourth-order valence-electron chi connectivity index (χ4n) is 2.08. The second-order valence-corrected chi connectivity index (χ2v) is 4.46. The number of rotatable bonds is 4. The van der Waals surface area contributed by atoms with Crippen LogP contribution in [0.5, 0.6) is 0 Å². The Labute approximate surface area is 113 Å². The van der Waals surface area contributed by atoms with E-state index in [2.05, 4.69) is 11.0 Å². The molecular weight excluding hydrogens is 234 g/mol. The maximum absolute atomic E-state index is 8.81. The molecule has 0 aromatic heterocycles. The molecule has 0 amide bonds. The van der Waals surface area contributed by atoms with Crippen molar-refractivity contribution in [3.05, 3.63) is 54.1 Å². The topological polar surface area (TPSA) is 53.0 Å². The van der Waals surface area contributed by atoms with E-state index in [1.54, 1.807) is 0 Å². The number of benzene rings is 2. The molecule has 0 unspecified atom stereocenters. The Bertz CT molecular complexity index is 585. The summed E-state index contributed by atoms with van der Waals surface area (Å²) in [5, 5.41) is 8.81. The molecular formula is C16H17N3. The van der Waals surface area contributed by atoms with Gasteiger partial charge in [-0.3, -0.25) is 0 Å². The van der Waals surface area contributed by atoms with E-state index in [1.807, 2.05) is 55.5 Å². The molecule has 0 aliphatic rings. The Kier molecular flexibility index (Phi) is 4.04. The van der Waals surface area contributed by atoms with Gasteiger partial charge in [-0.2, -0.15) is 5.26 Å². The molecule has 0 fully saturated rings. The van der Waals surface area contributed by atoms with Crippen molar-refractivity contribution in [2.45, 2.75) is 13.3 Å². The van der Waals surface area contributed by atoms with E-state index in [4.69, 9.17) is 11.0 Å². The molecule has 2 N–H and O–H groups in total. The van der Waals surface area contributed by atoms with Crippen LogP contribution in [0.15, 0.2) is 48.5 Å². The Hall–Kier alpha value is -2.47. The van der Waals surface area contributed by atoms with Gasteiger partial charge in [-0.25, -0.2) is 0 Å². The zero-order valence-electron chi connectivity index (χ0n) is 11.0. The number of nitriles is 1. The van der Waals surface area contributed by atoms with Crippen LogP contribution in [0.1, 0.15) is 12.0 Å². The lowest BCUT2D eigenvalue weighted by atomic mass is 10.1. The Morgan fingerprint density at radius 3 is 2.53 bits per heavy atom. The zero-order chi connectivity index (χ0) is 13.7. The number of hydrogen-bond acceptors (Lipinski definition) is 3. The van der Waals surface area contributed by atoms with Gasteiger partial charge in [0, 0.05) is 12.2 Å². The highest BCUT2D eigenvalue weighted by Gasteiger charge is 2.11. The normalized spacial score (nSPS) is 9.89. The van der Waals surface area contributed by atoms with E-state index in [0.29, 0.717) is 13.0 Å². The van der Waals surface area contributed by atoms with E-state index >= 15 is 0 Å². The van der Waals surface area contributed by atoms with Gasteiger partial charge in [0.15, 0.2) is 0 Å². The van der Waals surface area contributed by atoms with Crippen molar-refractivity contribution >= 4 is 17.1 Å². The highest BCUT2D eigenvalue weighted by atomic mass is 15.1. The first kappa shape index (κ1) is 13.0. The first-order valence-electron chi connectivity index (χ1n) is 6.28. The Morgan fingerprint density at radius 2 is 1.89 bits per heavy atom. The Balaban J connectivity index is 2.40. The molecule has 3 heteroatoms. The highest BCUT2D eigenvalue weighted by molar-refractivity contribution is 5.75. The van der Waals surface area contributed by atoms with Crippen LogP contribution in [0.2, 0.25) is 0 Å². The Morgan fingerprint density at radius 1 is 1.16 bits per heavy atom. The summed E-state index contributed by atoms with van der Waals surface area (Å²) in [4.78, 5) is 2.08. The van der Waals surface area contributed by atoms with Crippen LogP contribution in [-0.4, -0.2) is 6.54 Å². The average molecular weight is 251 g/mol. The molecule has 3 nitrogen and oxygen atoms in total. The molecule has 0 heterocycles. The maximum Gasteiger partial charge on any atom is 0.0644 e. The molecule has 0 radical (unpaired) electrons.